The zero-order chi connectivity index (χ0) is 19.9. The average Bonchev–Trinajstić information content (AvgIpc) is 2.72. The van der Waals surface area contributed by atoms with Gasteiger partial charge in [-0.15, -0.1) is 0 Å². The van der Waals surface area contributed by atoms with Gasteiger partial charge in [0.2, 0.25) is 0 Å². The molecular formula is C21H17F2N3O2. The van der Waals surface area contributed by atoms with Crippen LogP contribution in [0.4, 0.5) is 8.78 Å². The van der Waals surface area contributed by atoms with Gasteiger partial charge in [-0.25, -0.2) is 13.8 Å². The van der Waals surface area contributed by atoms with Crippen molar-refractivity contribution in [3.8, 4) is 0 Å². The fraction of sp³-hybridized carbons (Fsp3) is 0.0952. The summed E-state index contributed by atoms with van der Waals surface area (Å²) >= 11 is 0. The monoisotopic (exact) mass is 381 g/mol. The second-order valence-electron chi connectivity index (χ2n) is 5.99. The van der Waals surface area contributed by atoms with Crippen molar-refractivity contribution in [2.24, 2.45) is 0 Å². The molecule has 0 unspecified atom stereocenters. The summed E-state index contributed by atoms with van der Waals surface area (Å²) in [7, 11) is 0. The number of aromatic nitrogens is 1. The minimum atomic E-state index is -0.517. The number of nitrogens with one attached hydrogen (secondary N) is 2. The van der Waals surface area contributed by atoms with E-state index < -0.39 is 17.6 Å². The van der Waals surface area contributed by atoms with E-state index in [1.54, 1.807) is 30.3 Å². The lowest BCUT2D eigenvalue weighted by atomic mass is 10.2. The summed E-state index contributed by atoms with van der Waals surface area (Å²) in [5.74, 6) is -1.75. The molecule has 5 nitrogen and oxygen atoms in total. The average molecular weight is 381 g/mol. The molecule has 3 aromatic rings. The molecule has 2 amide bonds. The molecule has 0 saturated carbocycles. The Morgan fingerprint density at radius 2 is 1.36 bits per heavy atom. The number of carbonyl (C=O) groups is 2. The predicted molar refractivity (Wildman–Crippen MR) is 99.4 cm³/mol. The smallest absolute Gasteiger partial charge is 0.270 e. The van der Waals surface area contributed by atoms with Gasteiger partial charge in [-0.05, 0) is 35.9 Å². The first-order valence-corrected chi connectivity index (χ1v) is 8.54. The number of hydrogen-bond acceptors (Lipinski definition) is 3. The molecule has 1 heterocycles. The largest absolute Gasteiger partial charge is 0.347 e. The van der Waals surface area contributed by atoms with E-state index in [4.69, 9.17) is 0 Å². The molecule has 0 saturated heterocycles. The summed E-state index contributed by atoms with van der Waals surface area (Å²) in [6.07, 6.45) is 0. The molecule has 0 atom stereocenters. The molecule has 2 N–H and O–H groups in total. The number of carbonyl (C=O) groups excluding carboxylic acids is 2. The zero-order valence-electron chi connectivity index (χ0n) is 14.8. The molecular weight excluding hydrogens is 364 g/mol. The molecule has 1 aromatic heterocycles. The van der Waals surface area contributed by atoms with E-state index in [1.807, 2.05) is 0 Å². The van der Waals surface area contributed by atoms with E-state index in [2.05, 4.69) is 15.6 Å². The Morgan fingerprint density at radius 3 is 2.00 bits per heavy atom. The van der Waals surface area contributed by atoms with Crippen LogP contribution in [0.3, 0.4) is 0 Å². The van der Waals surface area contributed by atoms with Crippen LogP contribution in [-0.4, -0.2) is 16.8 Å². The molecule has 3 rings (SSSR count). The van der Waals surface area contributed by atoms with Gasteiger partial charge in [0.1, 0.15) is 23.0 Å². The fourth-order valence-corrected chi connectivity index (χ4v) is 2.47. The van der Waals surface area contributed by atoms with Crippen LogP contribution in [-0.2, 0) is 13.1 Å². The highest BCUT2D eigenvalue weighted by Crippen LogP contribution is 2.07. The molecule has 0 spiro atoms. The van der Waals surface area contributed by atoms with Gasteiger partial charge in [-0.2, -0.15) is 0 Å². The Kier molecular flexibility index (Phi) is 6.06. The molecule has 2 aromatic carbocycles. The Hall–Kier alpha value is -3.61. The van der Waals surface area contributed by atoms with Crippen molar-refractivity contribution in [1.82, 2.24) is 15.6 Å². The zero-order valence-corrected chi connectivity index (χ0v) is 14.8. The predicted octanol–water partition coefficient (Wildman–Crippen LogP) is 3.22. The van der Waals surface area contributed by atoms with Gasteiger partial charge < -0.3 is 10.6 Å². The summed E-state index contributed by atoms with van der Waals surface area (Å²) in [5, 5.41) is 5.24. The number of rotatable bonds is 6. The van der Waals surface area contributed by atoms with Gasteiger partial charge in [0, 0.05) is 18.7 Å². The number of amides is 2. The van der Waals surface area contributed by atoms with Gasteiger partial charge in [0.05, 0.1) is 0 Å². The minimum absolute atomic E-state index is 0.00811. The van der Waals surface area contributed by atoms with Gasteiger partial charge in [-0.3, -0.25) is 9.59 Å². The number of pyridine rings is 1. The second-order valence-corrected chi connectivity index (χ2v) is 5.99. The molecule has 0 radical (unpaired) electrons. The van der Waals surface area contributed by atoms with Crippen LogP contribution in [0.25, 0.3) is 0 Å². The van der Waals surface area contributed by atoms with E-state index >= 15 is 0 Å². The first-order chi connectivity index (χ1) is 13.5. The second kappa shape index (κ2) is 8.85. The third kappa shape index (κ3) is 4.97. The number of hydrogen-bond donors (Lipinski definition) is 2. The third-order valence-corrected chi connectivity index (χ3v) is 3.98. The molecule has 28 heavy (non-hydrogen) atoms. The summed E-state index contributed by atoms with van der Waals surface area (Å²) in [5.41, 5.74) is 1.20. The highest BCUT2D eigenvalue weighted by atomic mass is 19.1. The standard InChI is InChI=1S/C21H17F2N3O2/c22-16-10-8-14(9-11-16)12-24-20(27)18-6-3-7-19(26-18)21(28)25-13-15-4-1-2-5-17(15)23/h1-11H,12-13H2,(H,24,27)(H,25,28). The Balaban J connectivity index is 1.60. The third-order valence-electron chi connectivity index (χ3n) is 3.98. The van der Waals surface area contributed by atoms with E-state index in [1.165, 1.54) is 36.4 Å². The quantitative estimate of drug-likeness (QED) is 0.689. The van der Waals surface area contributed by atoms with Crippen molar-refractivity contribution in [1.29, 1.82) is 0 Å². The lowest BCUT2D eigenvalue weighted by molar-refractivity contribution is 0.0941. The minimum Gasteiger partial charge on any atom is -0.347 e. The Morgan fingerprint density at radius 1 is 0.750 bits per heavy atom. The fourth-order valence-electron chi connectivity index (χ4n) is 2.47. The SMILES string of the molecule is O=C(NCc1ccc(F)cc1)c1cccc(C(=O)NCc2ccccc2F)n1. The van der Waals surface area contributed by atoms with Gasteiger partial charge in [0.15, 0.2) is 0 Å². The van der Waals surface area contributed by atoms with Crippen molar-refractivity contribution in [2.75, 3.05) is 0 Å². The van der Waals surface area contributed by atoms with Crippen molar-refractivity contribution in [3.63, 3.8) is 0 Å². The van der Waals surface area contributed by atoms with Crippen LogP contribution in [0.15, 0.2) is 66.7 Å². The normalized spacial score (nSPS) is 10.4. The Labute approximate surface area is 160 Å². The van der Waals surface area contributed by atoms with Gasteiger partial charge in [0.25, 0.3) is 11.8 Å². The lowest BCUT2D eigenvalue weighted by Crippen LogP contribution is -2.27. The van der Waals surface area contributed by atoms with Crippen molar-refractivity contribution in [2.45, 2.75) is 13.1 Å². The first kappa shape index (κ1) is 19.2. The summed E-state index contributed by atoms with van der Waals surface area (Å²) < 4.78 is 26.5. The number of benzene rings is 2. The van der Waals surface area contributed by atoms with Crippen LogP contribution >= 0.6 is 0 Å². The maximum Gasteiger partial charge on any atom is 0.270 e. The van der Waals surface area contributed by atoms with Gasteiger partial charge in [-0.1, -0.05) is 36.4 Å². The van der Waals surface area contributed by atoms with E-state index in [-0.39, 0.29) is 30.3 Å². The topological polar surface area (TPSA) is 71.1 Å². The summed E-state index contributed by atoms with van der Waals surface area (Å²) in [4.78, 5) is 28.6. The summed E-state index contributed by atoms with van der Waals surface area (Å²) in [6, 6.07) is 16.4. The van der Waals surface area contributed by atoms with Crippen LogP contribution in [0.5, 0.6) is 0 Å². The van der Waals surface area contributed by atoms with E-state index in [9.17, 15) is 18.4 Å². The Bertz CT molecular complexity index is 991. The summed E-state index contributed by atoms with van der Waals surface area (Å²) in [6.45, 7) is 0.207. The molecule has 142 valence electrons. The maximum atomic E-state index is 13.6. The van der Waals surface area contributed by atoms with Crippen LogP contribution in [0, 0.1) is 11.6 Å². The number of nitrogens with zero attached hydrogens (tertiary/aromatic N) is 1. The van der Waals surface area contributed by atoms with Crippen LogP contribution in [0.2, 0.25) is 0 Å². The van der Waals surface area contributed by atoms with Crippen molar-refractivity contribution in [3.05, 3.63) is 101 Å². The molecule has 0 aliphatic carbocycles. The van der Waals surface area contributed by atoms with E-state index in [0.29, 0.717) is 5.56 Å². The molecule has 0 fully saturated rings. The molecule has 0 aliphatic rings. The number of halogens is 2. The van der Waals surface area contributed by atoms with Crippen molar-refractivity contribution < 1.29 is 18.4 Å². The van der Waals surface area contributed by atoms with E-state index in [0.717, 1.165) is 5.56 Å². The molecule has 7 heteroatoms. The van der Waals surface area contributed by atoms with Gasteiger partial charge >= 0.3 is 0 Å². The molecule has 0 aliphatic heterocycles. The van der Waals surface area contributed by atoms with Crippen molar-refractivity contribution >= 4 is 11.8 Å². The maximum absolute atomic E-state index is 13.6. The van der Waals surface area contributed by atoms with Crippen LogP contribution in [0.1, 0.15) is 32.1 Å². The highest BCUT2D eigenvalue weighted by molar-refractivity contribution is 5.96. The highest BCUT2D eigenvalue weighted by Gasteiger charge is 2.13. The lowest BCUT2D eigenvalue weighted by Gasteiger charge is -2.08. The molecule has 0 bridgehead atoms. The first-order valence-electron chi connectivity index (χ1n) is 8.54. The van der Waals surface area contributed by atoms with Crippen LogP contribution < -0.4 is 10.6 Å².